The first-order valence-electron chi connectivity index (χ1n) is 7.34. The third-order valence-electron chi connectivity index (χ3n) is 3.56. The van der Waals surface area contributed by atoms with Crippen LogP contribution in [-0.2, 0) is 13.2 Å². The Balaban J connectivity index is 1.62. The van der Waals surface area contributed by atoms with E-state index < -0.39 is 0 Å². The van der Waals surface area contributed by atoms with Crippen molar-refractivity contribution < 1.29 is 4.74 Å². The van der Waals surface area contributed by atoms with Crippen molar-refractivity contribution in [3.63, 3.8) is 0 Å². The molecule has 0 spiro atoms. The summed E-state index contributed by atoms with van der Waals surface area (Å²) in [7, 11) is 0. The SMILES string of the molecule is Cc1ccccc1COc1cccc(CNn2cn[nH]c2=S)c1. The summed E-state index contributed by atoms with van der Waals surface area (Å²) in [6.07, 6.45) is 1.61. The van der Waals surface area contributed by atoms with Gasteiger partial charge in [-0.25, -0.2) is 4.68 Å². The molecule has 3 rings (SSSR count). The summed E-state index contributed by atoms with van der Waals surface area (Å²) in [5, 5.41) is 6.57. The van der Waals surface area contributed by atoms with E-state index in [0.717, 1.165) is 11.3 Å². The Bertz CT molecular complexity index is 840. The zero-order valence-electron chi connectivity index (χ0n) is 12.8. The van der Waals surface area contributed by atoms with Crippen LogP contribution >= 0.6 is 12.2 Å². The Labute approximate surface area is 139 Å². The highest BCUT2D eigenvalue weighted by Crippen LogP contribution is 2.16. The molecular formula is C17H18N4OS. The van der Waals surface area contributed by atoms with Crippen molar-refractivity contribution in [1.82, 2.24) is 14.9 Å². The molecule has 0 atom stereocenters. The van der Waals surface area contributed by atoms with Gasteiger partial charge < -0.3 is 10.2 Å². The van der Waals surface area contributed by atoms with Crippen LogP contribution in [0.5, 0.6) is 5.75 Å². The molecule has 6 heteroatoms. The van der Waals surface area contributed by atoms with Crippen LogP contribution in [-0.4, -0.2) is 14.9 Å². The van der Waals surface area contributed by atoms with Crippen LogP contribution < -0.4 is 10.2 Å². The molecule has 1 aromatic heterocycles. The molecule has 2 aromatic carbocycles. The quantitative estimate of drug-likeness (QED) is 0.680. The van der Waals surface area contributed by atoms with Crippen LogP contribution in [0.2, 0.25) is 0 Å². The van der Waals surface area contributed by atoms with Crippen LogP contribution in [0.1, 0.15) is 16.7 Å². The van der Waals surface area contributed by atoms with Crippen LogP contribution in [0.3, 0.4) is 0 Å². The maximum Gasteiger partial charge on any atom is 0.214 e. The number of hydrogen-bond donors (Lipinski definition) is 2. The molecule has 0 aliphatic carbocycles. The molecule has 5 nitrogen and oxygen atoms in total. The summed E-state index contributed by atoms with van der Waals surface area (Å²) in [6, 6.07) is 16.2. The minimum atomic E-state index is 0.539. The monoisotopic (exact) mass is 326 g/mol. The highest BCUT2D eigenvalue weighted by Gasteiger charge is 2.01. The van der Waals surface area contributed by atoms with Crippen molar-refractivity contribution in [2.45, 2.75) is 20.1 Å². The van der Waals surface area contributed by atoms with Crippen LogP contribution in [0.25, 0.3) is 0 Å². The van der Waals surface area contributed by atoms with Gasteiger partial charge in [0.15, 0.2) is 0 Å². The van der Waals surface area contributed by atoms with Gasteiger partial charge in [-0.1, -0.05) is 36.4 Å². The summed E-state index contributed by atoms with van der Waals surface area (Å²) in [5.41, 5.74) is 6.72. The zero-order chi connectivity index (χ0) is 16.1. The molecule has 3 aromatic rings. The Kier molecular flexibility index (Phi) is 4.73. The van der Waals surface area contributed by atoms with Crippen molar-refractivity contribution in [3.8, 4) is 5.75 Å². The molecule has 23 heavy (non-hydrogen) atoms. The Hall–Kier alpha value is -2.60. The van der Waals surface area contributed by atoms with E-state index in [1.807, 2.05) is 36.4 Å². The minimum Gasteiger partial charge on any atom is -0.489 e. The lowest BCUT2D eigenvalue weighted by Gasteiger charge is -2.11. The lowest BCUT2D eigenvalue weighted by atomic mass is 10.1. The van der Waals surface area contributed by atoms with Gasteiger partial charge in [-0.05, 0) is 48.0 Å². The molecule has 0 aliphatic heterocycles. The first kappa shape index (κ1) is 15.3. The zero-order valence-corrected chi connectivity index (χ0v) is 13.6. The molecule has 0 radical (unpaired) electrons. The number of benzene rings is 2. The molecule has 0 saturated heterocycles. The number of nitrogens with one attached hydrogen (secondary N) is 2. The Morgan fingerprint density at radius 3 is 2.87 bits per heavy atom. The number of ether oxygens (including phenoxy) is 1. The van der Waals surface area contributed by atoms with Crippen molar-refractivity contribution in [3.05, 3.63) is 76.3 Å². The fourth-order valence-corrected chi connectivity index (χ4v) is 2.38. The third-order valence-corrected chi connectivity index (χ3v) is 3.85. The van der Waals surface area contributed by atoms with Gasteiger partial charge in [0.2, 0.25) is 4.77 Å². The average Bonchev–Trinajstić information content (AvgIpc) is 2.98. The number of aromatic amines is 1. The first-order chi connectivity index (χ1) is 11.2. The summed E-state index contributed by atoms with van der Waals surface area (Å²) >= 11 is 5.09. The summed E-state index contributed by atoms with van der Waals surface area (Å²) < 4.78 is 8.12. The van der Waals surface area contributed by atoms with Gasteiger partial charge in [-0.15, -0.1) is 0 Å². The molecule has 1 heterocycles. The van der Waals surface area contributed by atoms with Gasteiger partial charge in [0.25, 0.3) is 0 Å². The minimum absolute atomic E-state index is 0.539. The van der Waals surface area contributed by atoms with Gasteiger partial charge in [0.05, 0.1) is 6.54 Å². The maximum atomic E-state index is 5.90. The van der Waals surface area contributed by atoms with Gasteiger partial charge in [-0.3, -0.25) is 5.10 Å². The molecule has 2 N–H and O–H groups in total. The topological polar surface area (TPSA) is 54.9 Å². The van der Waals surface area contributed by atoms with Crippen LogP contribution in [0, 0.1) is 11.7 Å². The molecule has 0 amide bonds. The van der Waals surface area contributed by atoms with E-state index in [-0.39, 0.29) is 0 Å². The molecule has 0 aliphatic rings. The van der Waals surface area contributed by atoms with Gasteiger partial charge in [-0.2, -0.15) is 5.10 Å². The van der Waals surface area contributed by atoms with E-state index in [2.05, 4.69) is 34.7 Å². The lowest BCUT2D eigenvalue weighted by Crippen LogP contribution is -2.13. The maximum absolute atomic E-state index is 5.90. The Morgan fingerprint density at radius 1 is 1.22 bits per heavy atom. The molecule has 0 bridgehead atoms. The predicted molar refractivity (Wildman–Crippen MR) is 92.4 cm³/mol. The highest BCUT2D eigenvalue weighted by atomic mass is 32.1. The van der Waals surface area contributed by atoms with Crippen molar-refractivity contribution in [2.75, 3.05) is 5.43 Å². The van der Waals surface area contributed by atoms with Gasteiger partial charge in [0, 0.05) is 0 Å². The molecule has 0 saturated carbocycles. The van der Waals surface area contributed by atoms with Crippen molar-refractivity contribution in [1.29, 1.82) is 0 Å². The predicted octanol–water partition coefficient (Wildman–Crippen LogP) is 3.57. The molecule has 0 fully saturated rings. The number of nitrogens with zero attached hydrogens (tertiary/aromatic N) is 2. The number of aryl methyl sites for hydroxylation is 1. The standard InChI is InChI=1S/C17H18N4OS/c1-13-5-2-3-7-15(13)11-22-16-8-4-6-14(9-16)10-19-21-12-18-20-17(21)23/h2-9,12,19H,10-11H2,1H3,(H,20,23). The fourth-order valence-electron chi connectivity index (χ4n) is 2.22. The van der Waals surface area contributed by atoms with Gasteiger partial charge >= 0.3 is 0 Å². The summed E-state index contributed by atoms with van der Waals surface area (Å²) in [6.45, 7) is 3.29. The highest BCUT2D eigenvalue weighted by molar-refractivity contribution is 7.71. The summed E-state index contributed by atoms with van der Waals surface area (Å²) in [5.74, 6) is 0.850. The van der Waals surface area contributed by atoms with E-state index in [1.54, 1.807) is 11.0 Å². The number of hydrogen-bond acceptors (Lipinski definition) is 4. The van der Waals surface area contributed by atoms with Crippen LogP contribution in [0.15, 0.2) is 54.9 Å². The smallest absolute Gasteiger partial charge is 0.214 e. The van der Waals surface area contributed by atoms with Gasteiger partial charge in [0.1, 0.15) is 18.7 Å². The number of H-pyrrole nitrogens is 1. The number of rotatable bonds is 6. The normalized spacial score (nSPS) is 10.5. The van der Waals surface area contributed by atoms with E-state index in [0.29, 0.717) is 17.9 Å². The van der Waals surface area contributed by atoms with Crippen molar-refractivity contribution in [2.24, 2.45) is 0 Å². The second-order valence-corrected chi connectivity index (χ2v) is 5.62. The number of aromatic nitrogens is 3. The average molecular weight is 326 g/mol. The molecule has 0 unspecified atom stereocenters. The third kappa shape index (κ3) is 3.98. The Morgan fingerprint density at radius 2 is 2.09 bits per heavy atom. The molecule has 118 valence electrons. The van der Waals surface area contributed by atoms with E-state index in [1.165, 1.54) is 11.1 Å². The van der Waals surface area contributed by atoms with Crippen molar-refractivity contribution >= 4 is 12.2 Å². The van der Waals surface area contributed by atoms with Crippen LogP contribution in [0.4, 0.5) is 0 Å². The second-order valence-electron chi connectivity index (χ2n) is 5.23. The summed E-state index contributed by atoms with van der Waals surface area (Å²) in [4.78, 5) is 0. The largest absolute Gasteiger partial charge is 0.489 e. The van der Waals surface area contributed by atoms with E-state index in [4.69, 9.17) is 17.0 Å². The van der Waals surface area contributed by atoms with E-state index in [9.17, 15) is 0 Å². The first-order valence-corrected chi connectivity index (χ1v) is 7.75. The van der Waals surface area contributed by atoms with E-state index >= 15 is 0 Å². The second kappa shape index (κ2) is 7.11. The lowest BCUT2D eigenvalue weighted by molar-refractivity contribution is 0.305. The fraction of sp³-hybridized carbons (Fsp3) is 0.176. The molecular weight excluding hydrogens is 308 g/mol.